The van der Waals surface area contributed by atoms with Gasteiger partial charge in [-0.3, -0.25) is 0 Å². The number of benzene rings is 2. The molecule has 0 aliphatic carbocycles. The maximum atomic E-state index is 9.79. The minimum Gasteiger partial charge on any atom is -0.364 e. The fourth-order valence-corrected chi connectivity index (χ4v) is 2.14. The van der Waals surface area contributed by atoms with Gasteiger partial charge in [-0.25, -0.2) is 0 Å². The fraction of sp³-hybridized carbons (Fsp3) is 0.143. The molecule has 16 heavy (non-hydrogen) atoms. The van der Waals surface area contributed by atoms with E-state index in [4.69, 9.17) is 4.74 Å². The maximum Gasteiger partial charge on any atom is 0.182 e. The van der Waals surface area contributed by atoms with E-state index in [2.05, 4.69) is 0 Å². The highest BCUT2D eigenvalue weighted by Gasteiger charge is 2.30. The summed E-state index contributed by atoms with van der Waals surface area (Å²) in [5.41, 5.74) is 3.00. The molecule has 2 nitrogen and oxygen atoms in total. The third-order valence-electron chi connectivity index (χ3n) is 2.91. The maximum absolute atomic E-state index is 9.79. The lowest BCUT2D eigenvalue weighted by atomic mass is 9.99. The van der Waals surface area contributed by atoms with Crippen LogP contribution in [0, 0.1) is 0 Å². The molecule has 1 aliphatic rings. The molecule has 0 radical (unpaired) electrons. The summed E-state index contributed by atoms with van der Waals surface area (Å²) in [5, 5.41) is 9.79. The Balaban J connectivity index is 2.07. The Morgan fingerprint density at radius 2 is 1.44 bits per heavy atom. The van der Waals surface area contributed by atoms with Crippen LogP contribution in [-0.2, 0) is 4.74 Å². The normalized spacial score (nSPS) is 23.1. The molecule has 0 spiro atoms. The van der Waals surface area contributed by atoms with Gasteiger partial charge in [-0.2, -0.15) is 0 Å². The van der Waals surface area contributed by atoms with Gasteiger partial charge in [0.2, 0.25) is 0 Å². The number of hydrogen-bond acceptors (Lipinski definition) is 2. The first kappa shape index (κ1) is 9.58. The molecule has 2 aromatic carbocycles. The molecular formula is C14H12O2. The molecule has 2 atom stereocenters. The highest BCUT2D eigenvalue weighted by atomic mass is 16.6. The molecule has 80 valence electrons. The van der Waals surface area contributed by atoms with Crippen molar-refractivity contribution < 1.29 is 9.84 Å². The van der Waals surface area contributed by atoms with Crippen molar-refractivity contribution in [2.75, 3.05) is 0 Å². The van der Waals surface area contributed by atoms with Gasteiger partial charge in [-0.1, -0.05) is 54.6 Å². The largest absolute Gasteiger partial charge is 0.364 e. The molecule has 0 aromatic heterocycles. The van der Waals surface area contributed by atoms with Crippen LogP contribution < -0.4 is 0 Å². The third-order valence-corrected chi connectivity index (χ3v) is 2.91. The molecule has 1 heterocycles. The Hall–Kier alpha value is -1.64. The van der Waals surface area contributed by atoms with Gasteiger partial charge in [0.25, 0.3) is 0 Å². The lowest BCUT2D eigenvalue weighted by Crippen LogP contribution is -1.99. The number of rotatable bonds is 1. The predicted octanol–water partition coefficient (Wildman–Crippen LogP) is 2.80. The Labute approximate surface area is 94.1 Å². The summed E-state index contributed by atoms with van der Waals surface area (Å²) in [6.45, 7) is 0. The minimum atomic E-state index is -0.804. The number of hydrogen-bond donors (Lipinski definition) is 1. The zero-order chi connectivity index (χ0) is 11.0. The summed E-state index contributed by atoms with van der Waals surface area (Å²) < 4.78 is 5.57. The van der Waals surface area contributed by atoms with Crippen molar-refractivity contribution in [2.24, 2.45) is 0 Å². The first-order chi connectivity index (χ1) is 7.86. The highest BCUT2D eigenvalue weighted by Crippen LogP contribution is 2.40. The van der Waals surface area contributed by atoms with Crippen molar-refractivity contribution in [1.29, 1.82) is 0 Å². The summed E-state index contributed by atoms with van der Waals surface area (Å²) >= 11 is 0. The monoisotopic (exact) mass is 212 g/mol. The van der Waals surface area contributed by atoms with Crippen LogP contribution in [0.1, 0.15) is 29.1 Å². The Bertz CT molecular complexity index is 493. The van der Waals surface area contributed by atoms with Crippen LogP contribution in [0.15, 0.2) is 54.6 Å². The van der Waals surface area contributed by atoms with Crippen LogP contribution in [0.3, 0.4) is 0 Å². The van der Waals surface area contributed by atoms with Crippen LogP contribution in [0.4, 0.5) is 0 Å². The quantitative estimate of drug-likeness (QED) is 0.787. The smallest absolute Gasteiger partial charge is 0.182 e. The molecule has 2 aromatic rings. The fourth-order valence-electron chi connectivity index (χ4n) is 2.14. The van der Waals surface area contributed by atoms with E-state index in [-0.39, 0.29) is 6.10 Å². The van der Waals surface area contributed by atoms with Crippen LogP contribution >= 0.6 is 0 Å². The van der Waals surface area contributed by atoms with Gasteiger partial charge >= 0.3 is 0 Å². The van der Waals surface area contributed by atoms with E-state index < -0.39 is 6.29 Å². The Morgan fingerprint density at radius 1 is 0.812 bits per heavy atom. The van der Waals surface area contributed by atoms with Gasteiger partial charge in [0.05, 0.1) is 0 Å². The molecule has 0 saturated carbocycles. The molecule has 3 rings (SSSR count). The van der Waals surface area contributed by atoms with Crippen LogP contribution in [0.5, 0.6) is 0 Å². The van der Waals surface area contributed by atoms with Crippen LogP contribution in [0.2, 0.25) is 0 Å². The van der Waals surface area contributed by atoms with Crippen molar-refractivity contribution in [1.82, 2.24) is 0 Å². The second-order valence-electron chi connectivity index (χ2n) is 3.91. The molecular weight excluding hydrogens is 200 g/mol. The molecule has 0 bridgehead atoms. The van der Waals surface area contributed by atoms with E-state index in [1.807, 2.05) is 54.6 Å². The number of aliphatic hydroxyl groups is 1. The predicted molar refractivity (Wildman–Crippen MR) is 60.8 cm³/mol. The van der Waals surface area contributed by atoms with Gasteiger partial charge in [0, 0.05) is 5.56 Å². The summed E-state index contributed by atoms with van der Waals surface area (Å²) in [5.74, 6) is 0. The van der Waals surface area contributed by atoms with Crippen molar-refractivity contribution in [2.45, 2.75) is 12.4 Å². The van der Waals surface area contributed by atoms with Gasteiger partial charge in [0.15, 0.2) is 6.29 Å². The topological polar surface area (TPSA) is 29.5 Å². The lowest BCUT2D eigenvalue weighted by molar-refractivity contribution is -0.109. The van der Waals surface area contributed by atoms with E-state index in [0.29, 0.717) is 0 Å². The van der Waals surface area contributed by atoms with Crippen molar-refractivity contribution in [3.05, 3.63) is 71.3 Å². The first-order valence-electron chi connectivity index (χ1n) is 5.33. The van der Waals surface area contributed by atoms with Crippen molar-refractivity contribution in [3.8, 4) is 0 Å². The van der Waals surface area contributed by atoms with Crippen LogP contribution in [0.25, 0.3) is 0 Å². The average Bonchev–Trinajstić information content (AvgIpc) is 2.69. The number of ether oxygens (including phenoxy) is 1. The number of fused-ring (bicyclic) bond motifs is 1. The lowest BCUT2D eigenvalue weighted by Gasteiger charge is -2.11. The first-order valence-corrected chi connectivity index (χ1v) is 5.33. The van der Waals surface area contributed by atoms with E-state index in [9.17, 15) is 5.11 Å². The molecule has 1 N–H and O–H groups in total. The van der Waals surface area contributed by atoms with E-state index in [1.165, 1.54) is 0 Å². The summed E-state index contributed by atoms with van der Waals surface area (Å²) in [4.78, 5) is 0. The van der Waals surface area contributed by atoms with E-state index in [1.54, 1.807) is 0 Å². The minimum absolute atomic E-state index is 0.146. The van der Waals surface area contributed by atoms with Gasteiger partial charge in [-0.15, -0.1) is 0 Å². The van der Waals surface area contributed by atoms with E-state index in [0.717, 1.165) is 16.7 Å². The SMILES string of the molecule is O[C@H]1O[C@@H](c2ccccc2)c2ccccc21. The Kier molecular flexibility index (Phi) is 2.24. The zero-order valence-electron chi connectivity index (χ0n) is 8.71. The third kappa shape index (κ3) is 1.43. The molecule has 1 aliphatic heterocycles. The second-order valence-corrected chi connectivity index (χ2v) is 3.91. The summed E-state index contributed by atoms with van der Waals surface area (Å²) in [7, 11) is 0. The zero-order valence-corrected chi connectivity index (χ0v) is 8.71. The van der Waals surface area contributed by atoms with Gasteiger partial charge in [0.1, 0.15) is 6.10 Å². The highest BCUT2D eigenvalue weighted by molar-refractivity contribution is 5.39. The summed E-state index contributed by atoms with van der Waals surface area (Å²) in [6.07, 6.45) is -0.950. The number of aliphatic hydroxyl groups excluding tert-OH is 1. The standard InChI is InChI=1S/C14H12O2/c15-14-12-9-5-4-8-11(12)13(16-14)10-6-2-1-3-7-10/h1-9,13-15H/t13-,14-/m0/s1. The summed E-state index contributed by atoms with van der Waals surface area (Å²) in [6, 6.07) is 17.7. The Morgan fingerprint density at radius 3 is 2.19 bits per heavy atom. The average molecular weight is 212 g/mol. The molecule has 0 amide bonds. The molecule has 0 saturated heterocycles. The van der Waals surface area contributed by atoms with Crippen molar-refractivity contribution in [3.63, 3.8) is 0 Å². The van der Waals surface area contributed by atoms with Crippen molar-refractivity contribution >= 4 is 0 Å². The van der Waals surface area contributed by atoms with Crippen LogP contribution in [-0.4, -0.2) is 5.11 Å². The van der Waals surface area contributed by atoms with E-state index >= 15 is 0 Å². The molecule has 2 heteroatoms. The molecule has 0 unspecified atom stereocenters. The molecule has 0 fully saturated rings. The second kappa shape index (κ2) is 3.74. The van der Waals surface area contributed by atoms with Gasteiger partial charge in [-0.05, 0) is 11.1 Å². The van der Waals surface area contributed by atoms with Gasteiger partial charge < -0.3 is 9.84 Å².